The predicted molar refractivity (Wildman–Crippen MR) is 46.1 cm³/mol. The summed E-state index contributed by atoms with van der Waals surface area (Å²) in [4.78, 5) is 9.20. The lowest BCUT2D eigenvalue weighted by molar-refractivity contribution is -0.206. The van der Waals surface area contributed by atoms with E-state index in [2.05, 4.69) is 11.5 Å². The van der Waals surface area contributed by atoms with Crippen molar-refractivity contribution in [3.05, 3.63) is 12.3 Å². The number of terminal acetylenes is 1. The van der Waals surface area contributed by atoms with Crippen LogP contribution in [0.3, 0.4) is 0 Å². The van der Waals surface area contributed by atoms with Crippen LogP contribution in [-0.2, 0) is 14.5 Å². The second-order valence-corrected chi connectivity index (χ2v) is 3.47. The molecule has 13 heavy (non-hydrogen) atoms. The van der Waals surface area contributed by atoms with Crippen LogP contribution in [0.2, 0.25) is 0 Å². The van der Waals surface area contributed by atoms with Crippen molar-refractivity contribution in [2.45, 2.75) is 31.5 Å². The normalized spacial score (nSPS) is 35.5. The monoisotopic (exact) mass is 180 g/mol. The van der Waals surface area contributed by atoms with E-state index < -0.39 is 0 Å². The summed E-state index contributed by atoms with van der Waals surface area (Å²) in [5.41, 5.74) is 0. The quantitative estimate of drug-likeness (QED) is 0.217. The van der Waals surface area contributed by atoms with Crippen LogP contribution in [0, 0.1) is 18.4 Å². The van der Waals surface area contributed by atoms with Crippen LogP contribution in [0.15, 0.2) is 12.3 Å². The fraction of sp³-hybridized carbons (Fsp3) is 0.600. The van der Waals surface area contributed by atoms with Crippen molar-refractivity contribution in [3.63, 3.8) is 0 Å². The summed E-state index contributed by atoms with van der Waals surface area (Å²) in [6.07, 6.45) is 10.9. The Morgan fingerprint density at radius 2 is 2.31 bits per heavy atom. The van der Waals surface area contributed by atoms with Gasteiger partial charge in [0.2, 0.25) is 0 Å². The summed E-state index contributed by atoms with van der Waals surface area (Å²) in [7, 11) is 0. The van der Waals surface area contributed by atoms with Gasteiger partial charge in [-0.1, -0.05) is 13.0 Å². The first kappa shape index (κ1) is 8.46. The van der Waals surface area contributed by atoms with Gasteiger partial charge >= 0.3 is 0 Å². The summed E-state index contributed by atoms with van der Waals surface area (Å²) in [5, 5.41) is 0. The molecule has 1 heterocycles. The van der Waals surface area contributed by atoms with E-state index in [9.17, 15) is 0 Å². The van der Waals surface area contributed by atoms with Gasteiger partial charge in [0.25, 0.3) is 0 Å². The van der Waals surface area contributed by atoms with Gasteiger partial charge in [-0.2, -0.15) is 0 Å². The van der Waals surface area contributed by atoms with Crippen molar-refractivity contribution in [1.82, 2.24) is 0 Å². The predicted octanol–water partition coefficient (Wildman–Crippen LogP) is 1.61. The smallest absolute Gasteiger partial charge is 0.167 e. The molecule has 2 fully saturated rings. The van der Waals surface area contributed by atoms with E-state index in [1.165, 1.54) is 0 Å². The van der Waals surface area contributed by atoms with Crippen molar-refractivity contribution in [1.29, 1.82) is 0 Å². The van der Waals surface area contributed by atoms with Crippen LogP contribution >= 0.6 is 0 Å². The van der Waals surface area contributed by atoms with E-state index in [0.29, 0.717) is 23.9 Å². The van der Waals surface area contributed by atoms with Gasteiger partial charge in [-0.15, -0.1) is 0 Å². The minimum atomic E-state index is 0.331. The zero-order valence-electron chi connectivity index (χ0n) is 7.36. The largest absolute Gasteiger partial charge is 0.370 e. The molecule has 1 saturated heterocycles. The SMILES string of the molecule is C#COOC(=C)C1CCC2OC2C1. The molecule has 3 atom stereocenters. The van der Waals surface area contributed by atoms with Crippen LogP contribution in [0.1, 0.15) is 19.3 Å². The maximum atomic E-state index is 5.38. The maximum Gasteiger partial charge on any atom is 0.167 e. The van der Waals surface area contributed by atoms with Crippen LogP contribution in [0.4, 0.5) is 0 Å². The maximum absolute atomic E-state index is 5.38. The van der Waals surface area contributed by atoms with Crippen LogP contribution in [-0.4, -0.2) is 12.2 Å². The topological polar surface area (TPSA) is 31.0 Å². The summed E-state index contributed by atoms with van der Waals surface area (Å²) in [5.74, 6) is 0.948. The number of rotatable bonds is 3. The van der Waals surface area contributed by atoms with Gasteiger partial charge in [0.15, 0.2) is 11.9 Å². The third kappa shape index (κ3) is 1.78. The van der Waals surface area contributed by atoms with E-state index in [1.54, 1.807) is 0 Å². The second-order valence-electron chi connectivity index (χ2n) is 3.47. The van der Waals surface area contributed by atoms with Gasteiger partial charge < -0.3 is 4.74 Å². The molecular weight excluding hydrogens is 168 g/mol. The fourth-order valence-corrected chi connectivity index (χ4v) is 1.84. The highest BCUT2D eigenvalue weighted by molar-refractivity contribution is 5.01. The lowest BCUT2D eigenvalue weighted by atomic mass is 9.88. The molecule has 0 N–H and O–H groups in total. The molecule has 1 aliphatic heterocycles. The van der Waals surface area contributed by atoms with Crippen LogP contribution in [0.25, 0.3) is 0 Å². The van der Waals surface area contributed by atoms with E-state index in [1.807, 2.05) is 6.11 Å². The number of epoxide rings is 1. The minimum Gasteiger partial charge on any atom is -0.370 e. The Labute approximate surface area is 77.6 Å². The van der Waals surface area contributed by atoms with Gasteiger partial charge in [0.05, 0.1) is 12.2 Å². The summed E-state index contributed by atoms with van der Waals surface area (Å²) in [6.45, 7) is 3.77. The van der Waals surface area contributed by atoms with Crippen molar-refractivity contribution in [2.24, 2.45) is 5.92 Å². The zero-order chi connectivity index (χ0) is 9.26. The molecule has 0 aromatic heterocycles. The first-order chi connectivity index (χ1) is 6.31. The summed E-state index contributed by atoms with van der Waals surface area (Å²) >= 11 is 0. The summed E-state index contributed by atoms with van der Waals surface area (Å²) in [6, 6.07) is 0. The Morgan fingerprint density at radius 3 is 3.00 bits per heavy atom. The first-order valence-corrected chi connectivity index (χ1v) is 4.44. The van der Waals surface area contributed by atoms with Gasteiger partial charge in [-0.05, 0) is 19.3 Å². The van der Waals surface area contributed by atoms with Gasteiger partial charge in [0, 0.05) is 5.92 Å². The molecular formula is C10H12O3. The molecule has 0 aromatic rings. The molecule has 2 aliphatic rings. The average molecular weight is 180 g/mol. The molecule has 0 spiro atoms. The van der Waals surface area contributed by atoms with Crippen molar-refractivity contribution < 1.29 is 14.5 Å². The number of allylic oxidation sites excluding steroid dienone is 1. The molecule has 0 bridgehead atoms. The Balaban J connectivity index is 1.79. The highest BCUT2D eigenvalue weighted by Gasteiger charge is 2.45. The van der Waals surface area contributed by atoms with Gasteiger partial charge in [0.1, 0.15) is 0 Å². The number of hydrogen-bond acceptors (Lipinski definition) is 3. The Kier molecular flexibility index (Phi) is 2.15. The first-order valence-electron chi connectivity index (χ1n) is 4.44. The molecule has 2 rings (SSSR count). The van der Waals surface area contributed by atoms with Gasteiger partial charge in [-0.3, -0.25) is 4.89 Å². The highest BCUT2D eigenvalue weighted by atomic mass is 17.2. The standard InChI is InChI=1S/C10H12O3/c1-3-11-13-7(2)8-4-5-9-10(6-8)12-9/h1,8-10H,2,4-6H2. The molecule has 70 valence electrons. The van der Waals surface area contributed by atoms with Crippen molar-refractivity contribution in [2.75, 3.05) is 0 Å². The third-order valence-corrected chi connectivity index (χ3v) is 2.66. The minimum absolute atomic E-state index is 0.331. The number of ether oxygens (including phenoxy) is 1. The lowest BCUT2D eigenvalue weighted by Gasteiger charge is -2.18. The second kappa shape index (κ2) is 3.31. The van der Waals surface area contributed by atoms with Gasteiger partial charge in [-0.25, -0.2) is 4.89 Å². The fourth-order valence-electron chi connectivity index (χ4n) is 1.84. The molecule has 3 heteroatoms. The lowest BCUT2D eigenvalue weighted by Crippen LogP contribution is -2.16. The van der Waals surface area contributed by atoms with E-state index in [-0.39, 0.29) is 0 Å². The molecule has 3 nitrogen and oxygen atoms in total. The molecule has 0 radical (unpaired) electrons. The zero-order valence-corrected chi connectivity index (χ0v) is 7.36. The van der Waals surface area contributed by atoms with Crippen LogP contribution in [0.5, 0.6) is 0 Å². The number of hydrogen-bond donors (Lipinski definition) is 0. The Bertz CT molecular complexity index is 253. The molecule has 3 unspecified atom stereocenters. The third-order valence-electron chi connectivity index (χ3n) is 2.66. The van der Waals surface area contributed by atoms with Crippen molar-refractivity contribution >= 4 is 0 Å². The van der Waals surface area contributed by atoms with E-state index in [0.717, 1.165) is 19.3 Å². The molecule has 1 aliphatic carbocycles. The molecule has 0 aromatic carbocycles. The molecule has 0 amide bonds. The van der Waals surface area contributed by atoms with E-state index >= 15 is 0 Å². The average Bonchev–Trinajstić information content (AvgIpc) is 2.91. The number of fused-ring (bicyclic) bond motifs is 1. The Hall–Kier alpha value is -1.14. The highest BCUT2D eigenvalue weighted by Crippen LogP contribution is 2.41. The Morgan fingerprint density at radius 1 is 1.46 bits per heavy atom. The molecule has 1 saturated carbocycles. The van der Waals surface area contributed by atoms with E-state index in [4.69, 9.17) is 16.0 Å². The van der Waals surface area contributed by atoms with Crippen molar-refractivity contribution in [3.8, 4) is 12.5 Å². The van der Waals surface area contributed by atoms with Crippen LogP contribution < -0.4 is 0 Å². The summed E-state index contributed by atoms with van der Waals surface area (Å²) < 4.78 is 5.38.